The summed E-state index contributed by atoms with van der Waals surface area (Å²) in [5, 5.41) is 9.60. The summed E-state index contributed by atoms with van der Waals surface area (Å²) in [6.45, 7) is 0. The first-order valence-electron chi connectivity index (χ1n) is 8.19. The van der Waals surface area contributed by atoms with Crippen LogP contribution in [0.4, 0.5) is 5.69 Å². The van der Waals surface area contributed by atoms with E-state index in [4.69, 9.17) is 0 Å². The molecule has 4 nitrogen and oxygen atoms in total. The van der Waals surface area contributed by atoms with Crippen molar-refractivity contribution >= 4 is 46.0 Å². The zero-order chi connectivity index (χ0) is 18.5. The van der Waals surface area contributed by atoms with Crippen LogP contribution in [0.5, 0.6) is 0 Å². The molecule has 27 heavy (non-hydrogen) atoms. The summed E-state index contributed by atoms with van der Waals surface area (Å²) >= 11 is 4.84. The number of hydrogen-bond acceptors (Lipinski definition) is 6. The number of anilines is 1. The number of nitrogens with one attached hydrogen (secondary N) is 1. The van der Waals surface area contributed by atoms with Crippen LogP contribution in [-0.2, 0) is 5.75 Å². The minimum atomic E-state index is -0.191. The fourth-order valence-electron chi connectivity index (χ4n) is 2.38. The Hall–Kier alpha value is -2.48. The lowest BCUT2D eigenvalue weighted by atomic mass is 10.3. The van der Waals surface area contributed by atoms with Crippen molar-refractivity contribution in [2.75, 3.05) is 5.32 Å². The highest BCUT2D eigenvalue weighted by atomic mass is 32.2. The van der Waals surface area contributed by atoms with Crippen LogP contribution in [0.1, 0.15) is 16.1 Å². The van der Waals surface area contributed by atoms with Crippen LogP contribution >= 0.6 is 34.4 Å². The standard InChI is InChI=1S/C20H15N3OS3/c24-19(18-13-27-20(23-18)15-7-9-25-12-15)22-16-3-5-17(6-4-16)26-11-14-2-1-8-21-10-14/h1-10,12-13H,11H2,(H,22,24). The summed E-state index contributed by atoms with van der Waals surface area (Å²) in [6.07, 6.45) is 3.65. The van der Waals surface area contributed by atoms with Crippen LogP contribution in [0, 0.1) is 0 Å². The van der Waals surface area contributed by atoms with E-state index in [1.165, 1.54) is 16.9 Å². The van der Waals surface area contributed by atoms with Crippen molar-refractivity contribution in [2.45, 2.75) is 10.6 Å². The lowest BCUT2D eigenvalue weighted by molar-refractivity contribution is 0.102. The summed E-state index contributed by atoms with van der Waals surface area (Å²) in [4.78, 5) is 22.1. The molecule has 4 rings (SSSR count). The molecule has 3 heterocycles. The van der Waals surface area contributed by atoms with Crippen LogP contribution < -0.4 is 5.32 Å². The Balaban J connectivity index is 1.36. The van der Waals surface area contributed by atoms with Crippen LogP contribution in [0.2, 0.25) is 0 Å². The second-order valence-corrected chi connectivity index (χ2v) is 8.37. The molecule has 4 aromatic rings. The number of amides is 1. The molecule has 1 N–H and O–H groups in total. The fourth-order valence-corrected chi connectivity index (χ4v) is 4.72. The average Bonchev–Trinajstić information content (AvgIpc) is 3.40. The van der Waals surface area contributed by atoms with Gasteiger partial charge in [-0.1, -0.05) is 6.07 Å². The van der Waals surface area contributed by atoms with Gasteiger partial charge < -0.3 is 5.32 Å². The molecule has 0 saturated heterocycles. The number of carbonyl (C=O) groups excluding carboxylic acids is 1. The number of aromatic nitrogens is 2. The number of thiophene rings is 1. The van der Waals surface area contributed by atoms with Crippen molar-refractivity contribution in [3.63, 3.8) is 0 Å². The minimum Gasteiger partial charge on any atom is -0.321 e. The summed E-state index contributed by atoms with van der Waals surface area (Å²) in [6, 6.07) is 13.9. The van der Waals surface area contributed by atoms with Gasteiger partial charge in [-0.15, -0.1) is 23.1 Å². The Labute approximate surface area is 169 Å². The van der Waals surface area contributed by atoms with Gasteiger partial charge in [0.2, 0.25) is 0 Å². The first-order valence-corrected chi connectivity index (χ1v) is 11.0. The smallest absolute Gasteiger partial charge is 0.275 e. The van der Waals surface area contributed by atoms with Gasteiger partial charge in [-0.2, -0.15) is 11.3 Å². The maximum Gasteiger partial charge on any atom is 0.275 e. The van der Waals surface area contributed by atoms with Crippen LogP contribution in [0.15, 0.2) is 75.9 Å². The molecule has 0 aliphatic heterocycles. The summed E-state index contributed by atoms with van der Waals surface area (Å²) in [5.74, 6) is 0.674. The number of hydrogen-bond donors (Lipinski definition) is 1. The molecular weight excluding hydrogens is 394 g/mol. The maximum atomic E-state index is 12.4. The third kappa shape index (κ3) is 4.63. The molecule has 1 amide bonds. The highest BCUT2D eigenvalue weighted by Crippen LogP contribution is 2.27. The zero-order valence-electron chi connectivity index (χ0n) is 14.2. The van der Waals surface area contributed by atoms with Gasteiger partial charge in [0.25, 0.3) is 5.91 Å². The van der Waals surface area contributed by atoms with E-state index < -0.39 is 0 Å². The predicted molar refractivity (Wildman–Crippen MR) is 114 cm³/mol. The summed E-state index contributed by atoms with van der Waals surface area (Å²) in [5.41, 5.74) is 3.44. The molecule has 3 aromatic heterocycles. The highest BCUT2D eigenvalue weighted by molar-refractivity contribution is 7.98. The normalized spacial score (nSPS) is 10.7. The highest BCUT2D eigenvalue weighted by Gasteiger charge is 2.12. The van der Waals surface area contributed by atoms with Gasteiger partial charge in [0.1, 0.15) is 10.7 Å². The van der Waals surface area contributed by atoms with E-state index >= 15 is 0 Å². The van der Waals surface area contributed by atoms with Crippen LogP contribution in [0.25, 0.3) is 10.6 Å². The zero-order valence-corrected chi connectivity index (χ0v) is 16.6. The number of thioether (sulfide) groups is 1. The number of carbonyl (C=O) groups is 1. The molecule has 0 spiro atoms. The van der Waals surface area contributed by atoms with Crippen molar-refractivity contribution in [1.29, 1.82) is 0 Å². The second kappa shape index (κ2) is 8.47. The van der Waals surface area contributed by atoms with Crippen molar-refractivity contribution in [1.82, 2.24) is 9.97 Å². The second-order valence-electron chi connectivity index (χ2n) is 5.68. The van der Waals surface area contributed by atoms with E-state index in [-0.39, 0.29) is 5.91 Å². The molecular formula is C20H15N3OS3. The summed E-state index contributed by atoms with van der Waals surface area (Å²) < 4.78 is 0. The van der Waals surface area contributed by atoms with Crippen molar-refractivity contribution in [2.24, 2.45) is 0 Å². The minimum absolute atomic E-state index is 0.191. The molecule has 0 radical (unpaired) electrons. The molecule has 0 fully saturated rings. The third-order valence-electron chi connectivity index (χ3n) is 3.75. The molecule has 0 atom stereocenters. The Morgan fingerprint density at radius 2 is 2.00 bits per heavy atom. The number of thiazole rings is 1. The van der Waals surface area contributed by atoms with E-state index in [1.54, 1.807) is 34.7 Å². The van der Waals surface area contributed by atoms with Gasteiger partial charge in [-0.25, -0.2) is 4.98 Å². The quantitative estimate of drug-likeness (QED) is 0.408. The van der Waals surface area contributed by atoms with Gasteiger partial charge in [0.05, 0.1) is 0 Å². The molecule has 0 aliphatic rings. The van der Waals surface area contributed by atoms with E-state index in [0.29, 0.717) is 5.69 Å². The van der Waals surface area contributed by atoms with E-state index in [9.17, 15) is 4.79 Å². The number of benzene rings is 1. The van der Waals surface area contributed by atoms with E-state index in [0.717, 1.165) is 26.9 Å². The topological polar surface area (TPSA) is 54.9 Å². The number of rotatable bonds is 6. The molecule has 134 valence electrons. The maximum absolute atomic E-state index is 12.4. The monoisotopic (exact) mass is 409 g/mol. The predicted octanol–water partition coefficient (Wildman–Crippen LogP) is 5.81. The van der Waals surface area contributed by atoms with Gasteiger partial charge in [-0.05, 0) is 47.3 Å². The van der Waals surface area contributed by atoms with Crippen LogP contribution in [-0.4, -0.2) is 15.9 Å². The van der Waals surface area contributed by atoms with Crippen molar-refractivity contribution in [3.05, 3.63) is 82.3 Å². The van der Waals surface area contributed by atoms with Crippen molar-refractivity contribution in [3.8, 4) is 10.6 Å². The Morgan fingerprint density at radius 1 is 1.11 bits per heavy atom. The fraction of sp³-hybridized carbons (Fsp3) is 0.0500. The Bertz CT molecular complexity index is 1010. The SMILES string of the molecule is O=C(Nc1ccc(SCc2cccnc2)cc1)c1csc(-c2ccsc2)n1. The first kappa shape index (κ1) is 17.9. The lowest BCUT2D eigenvalue weighted by Crippen LogP contribution is -2.12. The molecule has 7 heteroatoms. The average molecular weight is 410 g/mol. The number of pyridine rings is 1. The van der Waals surface area contributed by atoms with E-state index in [2.05, 4.69) is 21.4 Å². The van der Waals surface area contributed by atoms with E-state index in [1.807, 2.05) is 53.4 Å². The third-order valence-corrected chi connectivity index (χ3v) is 6.40. The van der Waals surface area contributed by atoms with Crippen LogP contribution in [0.3, 0.4) is 0 Å². The largest absolute Gasteiger partial charge is 0.321 e. The Morgan fingerprint density at radius 3 is 2.74 bits per heavy atom. The molecule has 0 saturated carbocycles. The summed E-state index contributed by atoms with van der Waals surface area (Å²) in [7, 11) is 0. The first-order chi connectivity index (χ1) is 13.3. The van der Waals surface area contributed by atoms with Gasteiger partial charge >= 0.3 is 0 Å². The molecule has 0 bridgehead atoms. The molecule has 0 aliphatic carbocycles. The van der Waals surface area contributed by atoms with Gasteiger partial charge in [0.15, 0.2) is 0 Å². The lowest BCUT2D eigenvalue weighted by Gasteiger charge is -2.05. The number of nitrogens with zero attached hydrogens (tertiary/aromatic N) is 2. The Kier molecular flexibility index (Phi) is 5.62. The van der Waals surface area contributed by atoms with Gasteiger partial charge in [0, 0.05) is 45.1 Å². The van der Waals surface area contributed by atoms with Crippen molar-refractivity contribution < 1.29 is 4.79 Å². The molecule has 1 aromatic carbocycles. The van der Waals surface area contributed by atoms with Gasteiger partial charge in [-0.3, -0.25) is 9.78 Å². The molecule has 0 unspecified atom stereocenters.